The second kappa shape index (κ2) is 22.2. The van der Waals surface area contributed by atoms with Gasteiger partial charge in [-0.25, -0.2) is 0 Å². The molecule has 0 unspecified atom stereocenters. The van der Waals surface area contributed by atoms with Crippen molar-refractivity contribution in [1.82, 2.24) is 29.5 Å². The Hall–Kier alpha value is -7.96. The molecule has 394 valence electrons. The molecule has 10 aromatic rings. The van der Waals surface area contributed by atoms with Crippen LogP contribution in [0.5, 0.6) is 0 Å². The summed E-state index contributed by atoms with van der Waals surface area (Å²) in [7, 11) is 0. The van der Waals surface area contributed by atoms with Crippen molar-refractivity contribution in [3.8, 4) is 89.8 Å². The summed E-state index contributed by atoms with van der Waals surface area (Å²) < 4.78 is 4.69. The minimum atomic E-state index is -0.222. The molecule has 0 amide bonds. The van der Waals surface area contributed by atoms with Crippen molar-refractivity contribution in [2.24, 2.45) is 0 Å². The van der Waals surface area contributed by atoms with E-state index in [1.807, 2.05) is 0 Å². The maximum Gasteiger partial charge on any atom is 0.169 e. The molecule has 0 fully saturated rings. The first-order valence-corrected chi connectivity index (χ1v) is 28.3. The van der Waals surface area contributed by atoms with Crippen LogP contribution in [0.2, 0.25) is 0 Å². The molecule has 0 radical (unpaired) electrons. The van der Waals surface area contributed by atoms with Gasteiger partial charge < -0.3 is 0 Å². The van der Waals surface area contributed by atoms with E-state index in [0.29, 0.717) is 0 Å². The van der Waals surface area contributed by atoms with Crippen LogP contribution < -0.4 is 0 Å². The van der Waals surface area contributed by atoms with Gasteiger partial charge in [0.05, 0.1) is 11.4 Å². The minimum Gasteiger partial charge on any atom is -0.278 e. The predicted octanol–water partition coefficient (Wildman–Crippen LogP) is 19.3. The summed E-state index contributed by atoms with van der Waals surface area (Å²) in [6.07, 6.45) is 6.52. The standard InChI is InChI=1S/C72H76N6/c1-13-15-42-71(9,10)69-75-73-67(77(69)62-33-24-23-26-48(62)4)59-32-25-31-58(45-59)66-51(7)64(55-29-21-18-22-30-55)50(6)65(52(66)8)56-39-37-54(38-40-56)60-41-34-47(3)44-61(60)68-74-76-70(72(11,12)43-16-14-2)78(68)63-46-57(36-35-49(63)5)53-27-19-17-20-28-53/h17-41,44-46H,13-16,42-43H2,1-12H3. The average molecular weight is 1030 g/mol. The third-order valence-electron chi connectivity index (χ3n) is 16.4. The van der Waals surface area contributed by atoms with Gasteiger partial charge in [0.1, 0.15) is 11.6 Å². The quantitative estimate of drug-likeness (QED) is 0.0912. The van der Waals surface area contributed by atoms with Gasteiger partial charge in [0.25, 0.3) is 0 Å². The zero-order chi connectivity index (χ0) is 54.9. The lowest BCUT2D eigenvalue weighted by Gasteiger charge is -2.26. The lowest BCUT2D eigenvalue weighted by atomic mass is 9.80. The van der Waals surface area contributed by atoms with Crippen molar-refractivity contribution >= 4 is 0 Å². The minimum absolute atomic E-state index is 0.177. The van der Waals surface area contributed by atoms with Crippen molar-refractivity contribution in [2.75, 3.05) is 0 Å². The molecule has 10 rings (SSSR count). The van der Waals surface area contributed by atoms with Crippen LogP contribution in [0.15, 0.2) is 170 Å². The first-order valence-electron chi connectivity index (χ1n) is 28.3. The van der Waals surface area contributed by atoms with E-state index in [1.165, 1.54) is 72.3 Å². The van der Waals surface area contributed by atoms with Crippen molar-refractivity contribution in [1.29, 1.82) is 0 Å². The summed E-state index contributed by atoms with van der Waals surface area (Å²) >= 11 is 0. The summed E-state index contributed by atoms with van der Waals surface area (Å²) in [6.45, 7) is 27.3. The first kappa shape index (κ1) is 53.4. The Morgan fingerprint density at radius 2 is 0.833 bits per heavy atom. The SMILES string of the molecule is CCCCC(C)(C)c1nnc(-c2cccc(-c3c(C)c(-c4ccccc4)c(C)c(-c4ccc(-c5ccc(C)cc5-c5nnc(C(C)(C)CCCC)n5-c5cc(-c6ccccc6)ccc5C)cc4)c3C)c2)n1-c1ccccc1C. The van der Waals surface area contributed by atoms with E-state index in [-0.39, 0.29) is 10.8 Å². The number of aryl methyl sites for hydroxylation is 3. The normalized spacial score (nSPS) is 11.9. The van der Waals surface area contributed by atoms with Crippen LogP contribution in [-0.2, 0) is 10.8 Å². The number of benzene rings is 8. The highest BCUT2D eigenvalue weighted by atomic mass is 15.3. The van der Waals surface area contributed by atoms with E-state index in [2.05, 4.69) is 262 Å². The Morgan fingerprint density at radius 3 is 1.44 bits per heavy atom. The van der Waals surface area contributed by atoms with Gasteiger partial charge in [0, 0.05) is 22.0 Å². The molecule has 6 nitrogen and oxygen atoms in total. The zero-order valence-corrected chi connectivity index (χ0v) is 48.1. The van der Waals surface area contributed by atoms with Gasteiger partial charge in [-0.3, -0.25) is 9.13 Å². The number of nitrogens with zero attached hydrogens (tertiary/aromatic N) is 6. The Labute approximate surface area is 464 Å². The zero-order valence-electron chi connectivity index (χ0n) is 48.1. The second-order valence-electron chi connectivity index (χ2n) is 23.1. The fraction of sp³-hybridized carbons (Fsp3) is 0.278. The van der Waals surface area contributed by atoms with E-state index < -0.39 is 0 Å². The van der Waals surface area contributed by atoms with Gasteiger partial charge in [-0.05, 0) is 162 Å². The van der Waals surface area contributed by atoms with Crippen molar-refractivity contribution in [3.63, 3.8) is 0 Å². The lowest BCUT2D eigenvalue weighted by Crippen LogP contribution is -2.23. The smallest absolute Gasteiger partial charge is 0.169 e. The fourth-order valence-electron chi connectivity index (χ4n) is 12.0. The lowest BCUT2D eigenvalue weighted by molar-refractivity contribution is 0.425. The second-order valence-corrected chi connectivity index (χ2v) is 23.1. The highest BCUT2D eigenvalue weighted by Gasteiger charge is 2.33. The van der Waals surface area contributed by atoms with Crippen LogP contribution in [0, 0.1) is 41.5 Å². The van der Waals surface area contributed by atoms with Gasteiger partial charge in [0.15, 0.2) is 11.6 Å². The van der Waals surface area contributed by atoms with Crippen LogP contribution in [0.25, 0.3) is 89.8 Å². The highest BCUT2D eigenvalue weighted by Crippen LogP contribution is 2.46. The van der Waals surface area contributed by atoms with Gasteiger partial charge in [0.2, 0.25) is 0 Å². The molecule has 0 aliphatic carbocycles. The van der Waals surface area contributed by atoms with Crippen LogP contribution >= 0.6 is 0 Å². The number of para-hydroxylation sites is 1. The average Bonchev–Trinajstić information content (AvgIpc) is 4.26. The molecule has 0 atom stereocenters. The third kappa shape index (κ3) is 10.2. The summed E-state index contributed by atoms with van der Waals surface area (Å²) in [5, 5.41) is 20.3. The van der Waals surface area contributed by atoms with E-state index in [0.717, 1.165) is 101 Å². The number of hydrogen-bond donors (Lipinski definition) is 0. The Balaban J connectivity index is 1.11. The predicted molar refractivity (Wildman–Crippen MR) is 328 cm³/mol. The molecule has 2 heterocycles. The summed E-state index contributed by atoms with van der Waals surface area (Å²) in [6, 6.07) is 62.0. The molecule has 8 aromatic carbocycles. The van der Waals surface area contributed by atoms with Crippen LogP contribution in [0.1, 0.15) is 125 Å². The summed E-state index contributed by atoms with van der Waals surface area (Å²) in [5.74, 6) is 3.68. The monoisotopic (exact) mass is 1020 g/mol. The fourth-order valence-corrected chi connectivity index (χ4v) is 12.0. The molecular formula is C72H76N6. The van der Waals surface area contributed by atoms with Crippen molar-refractivity contribution in [2.45, 2.75) is 132 Å². The molecular weight excluding hydrogens is 949 g/mol. The molecule has 0 saturated heterocycles. The van der Waals surface area contributed by atoms with Crippen LogP contribution in [-0.4, -0.2) is 29.5 Å². The number of aromatic nitrogens is 6. The molecule has 0 saturated carbocycles. The van der Waals surface area contributed by atoms with E-state index in [4.69, 9.17) is 20.4 Å². The van der Waals surface area contributed by atoms with Gasteiger partial charge in [-0.15, -0.1) is 20.4 Å². The Morgan fingerprint density at radius 1 is 0.359 bits per heavy atom. The van der Waals surface area contributed by atoms with E-state index in [1.54, 1.807) is 0 Å². The number of rotatable bonds is 17. The highest BCUT2D eigenvalue weighted by molar-refractivity contribution is 5.93. The molecule has 0 aliphatic rings. The number of hydrogen-bond acceptors (Lipinski definition) is 4. The molecule has 78 heavy (non-hydrogen) atoms. The van der Waals surface area contributed by atoms with Gasteiger partial charge in [-0.2, -0.15) is 0 Å². The Kier molecular flexibility index (Phi) is 15.2. The van der Waals surface area contributed by atoms with E-state index >= 15 is 0 Å². The molecule has 0 aliphatic heterocycles. The van der Waals surface area contributed by atoms with Gasteiger partial charge >= 0.3 is 0 Å². The maximum absolute atomic E-state index is 5.16. The Bertz CT molecular complexity index is 3760. The third-order valence-corrected chi connectivity index (χ3v) is 16.4. The number of unbranched alkanes of at least 4 members (excludes halogenated alkanes) is 2. The molecule has 0 N–H and O–H groups in total. The largest absolute Gasteiger partial charge is 0.278 e. The molecule has 2 aromatic heterocycles. The van der Waals surface area contributed by atoms with Crippen molar-refractivity contribution in [3.05, 3.63) is 215 Å². The van der Waals surface area contributed by atoms with E-state index in [9.17, 15) is 0 Å². The van der Waals surface area contributed by atoms with Crippen molar-refractivity contribution < 1.29 is 0 Å². The van der Waals surface area contributed by atoms with Crippen LogP contribution in [0.4, 0.5) is 0 Å². The summed E-state index contributed by atoms with van der Waals surface area (Å²) in [5.41, 5.74) is 23.1. The molecule has 6 heteroatoms. The molecule has 0 spiro atoms. The summed E-state index contributed by atoms with van der Waals surface area (Å²) in [4.78, 5) is 0. The maximum atomic E-state index is 5.16. The first-order chi connectivity index (χ1) is 37.6. The molecule has 0 bridgehead atoms. The topological polar surface area (TPSA) is 61.4 Å². The van der Waals surface area contributed by atoms with Gasteiger partial charge in [-0.1, -0.05) is 218 Å². The van der Waals surface area contributed by atoms with Crippen LogP contribution in [0.3, 0.4) is 0 Å².